The topological polar surface area (TPSA) is 41.1 Å². The average molecular weight is 291 g/mol. The lowest BCUT2D eigenvalue weighted by atomic mass is 10.1. The summed E-state index contributed by atoms with van der Waals surface area (Å²) in [6.07, 6.45) is 0.348. The zero-order chi connectivity index (χ0) is 14.1. The molecule has 1 heterocycles. The van der Waals surface area contributed by atoms with Gasteiger partial charge in [-0.15, -0.1) is 0 Å². The molecule has 3 nitrogen and oxygen atoms in total. The van der Waals surface area contributed by atoms with Crippen LogP contribution in [0.25, 0.3) is 0 Å². The SMILES string of the molecule is O=C1Cc2cc(NCc3ccccc3F)c(Cl)cc2N1. The molecule has 0 unspecified atom stereocenters. The van der Waals surface area contributed by atoms with Crippen LogP contribution in [-0.2, 0) is 17.8 Å². The fourth-order valence-electron chi connectivity index (χ4n) is 2.22. The Bertz CT molecular complexity index is 688. The van der Waals surface area contributed by atoms with E-state index in [0.717, 1.165) is 11.3 Å². The van der Waals surface area contributed by atoms with Crippen molar-refractivity contribution < 1.29 is 9.18 Å². The van der Waals surface area contributed by atoms with Crippen LogP contribution in [0.3, 0.4) is 0 Å². The highest BCUT2D eigenvalue weighted by Gasteiger charge is 2.19. The van der Waals surface area contributed by atoms with Crippen LogP contribution in [0.4, 0.5) is 15.8 Å². The molecule has 0 saturated carbocycles. The van der Waals surface area contributed by atoms with Crippen LogP contribution < -0.4 is 10.6 Å². The number of rotatable bonds is 3. The standard InChI is InChI=1S/C15H12ClFN2O/c16-11-7-13-10(6-15(20)19-13)5-14(11)18-8-9-3-1-2-4-12(9)17/h1-5,7,18H,6,8H2,(H,19,20). The lowest BCUT2D eigenvalue weighted by Gasteiger charge is -2.11. The molecule has 1 aliphatic heterocycles. The van der Waals surface area contributed by atoms with Gasteiger partial charge < -0.3 is 10.6 Å². The summed E-state index contributed by atoms with van der Waals surface area (Å²) < 4.78 is 13.5. The second kappa shape index (κ2) is 5.13. The van der Waals surface area contributed by atoms with E-state index in [1.165, 1.54) is 6.07 Å². The first-order chi connectivity index (χ1) is 9.63. The number of anilines is 2. The number of hydrogen-bond acceptors (Lipinski definition) is 2. The van der Waals surface area contributed by atoms with E-state index in [1.807, 2.05) is 6.07 Å². The first kappa shape index (κ1) is 12.9. The second-order valence-corrected chi connectivity index (χ2v) is 5.07. The van der Waals surface area contributed by atoms with E-state index >= 15 is 0 Å². The number of fused-ring (bicyclic) bond motifs is 1. The highest BCUT2D eigenvalue weighted by atomic mass is 35.5. The van der Waals surface area contributed by atoms with E-state index in [2.05, 4.69) is 10.6 Å². The van der Waals surface area contributed by atoms with Gasteiger partial charge in [-0.25, -0.2) is 4.39 Å². The van der Waals surface area contributed by atoms with Crippen molar-refractivity contribution in [3.05, 3.63) is 58.4 Å². The van der Waals surface area contributed by atoms with Gasteiger partial charge in [-0.05, 0) is 23.8 Å². The predicted molar refractivity (Wildman–Crippen MR) is 77.5 cm³/mol. The smallest absolute Gasteiger partial charge is 0.228 e. The zero-order valence-corrected chi connectivity index (χ0v) is 11.3. The molecule has 0 aliphatic carbocycles. The predicted octanol–water partition coefficient (Wildman–Crippen LogP) is 3.59. The largest absolute Gasteiger partial charge is 0.380 e. The molecule has 2 aromatic rings. The van der Waals surface area contributed by atoms with Crippen LogP contribution in [0, 0.1) is 5.82 Å². The van der Waals surface area contributed by atoms with Crippen molar-refractivity contribution in [2.75, 3.05) is 10.6 Å². The van der Waals surface area contributed by atoms with Gasteiger partial charge in [0.05, 0.1) is 17.1 Å². The summed E-state index contributed by atoms with van der Waals surface area (Å²) in [4.78, 5) is 11.3. The summed E-state index contributed by atoms with van der Waals surface area (Å²) in [5, 5.41) is 6.34. The Morgan fingerprint density at radius 1 is 1.30 bits per heavy atom. The molecule has 3 rings (SSSR count). The quantitative estimate of drug-likeness (QED) is 0.907. The van der Waals surface area contributed by atoms with Crippen molar-refractivity contribution in [1.29, 1.82) is 0 Å². The minimum atomic E-state index is -0.255. The Labute approximate surface area is 120 Å². The molecular formula is C15H12ClFN2O. The number of hydrogen-bond donors (Lipinski definition) is 2. The highest BCUT2D eigenvalue weighted by molar-refractivity contribution is 6.33. The van der Waals surface area contributed by atoms with Gasteiger partial charge in [0.1, 0.15) is 5.82 Å². The van der Waals surface area contributed by atoms with Gasteiger partial charge in [0, 0.05) is 17.8 Å². The van der Waals surface area contributed by atoms with E-state index in [4.69, 9.17) is 11.6 Å². The van der Waals surface area contributed by atoms with E-state index in [0.29, 0.717) is 29.2 Å². The Hall–Kier alpha value is -2.07. The number of carbonyl (C=O) groups excluding carboxylic acids is 1. The van der Waals surface area contributed by atoms with Crippen LogP contribution >= 0.6 is 11.6 Å². The monoisotopic (exact) mass is 290 g/mol. The molecule has 20 heavy (non-hydrogen) atoms. The van der Waals surface area contributed by atoms with Crippen LogP contribution in [0.15, 0.2) is 36.4 Å². The Morgan fingerprint density at radius 2 is 2.10 bits per heavy atom. The van der Waals surface area contributed by atoms with Crippen molar-refractivity contribution in [2.24, 2.45) is 0 Å². The molecule has 2 N–H and O–H groups in total. The maximum absolute atomic E-state index is 13.5. The number of halogens is 2. The van der Waals surface area contributed by atoms with Gasteiger partial charge in [-0.2, -0.15) is 0 Å². The average Bonchev–Trinajstić information content (AvgIpc) is 2.76. The minimum absolute atomic E-state index is 0.0395. The molecule has 102 valence electrons. The summed E-state index contributed by atoms with van der Waals surface area (Å²) in [5.41, 5.74) is 2.91. The molecule has 0 bridgehead atoms. The number of benzene rings is 2. The Kier molecular flexibility index (Phi) is 3.32. The van der Waals surface area contributed by atoms with E-state index < -0.39 is 0 Å². The van der Waals surface area contributed by atoms with Crippen LogP contribution in [0.5, 0.6) is 0 Å². The molecule has 0 aromatic heterocycles. The minimum Gasteiger partial charge on any atom is -0.380 e. The molecular weight excluding hydrogens is 279 g/mol. The molecule has 0 saturated heterocycles. The molecule has 0 atom stereocenters. The Balaban J connectivity index is 1.80. The van der Waals surface area contributed by atoms with E-state index in [1.54, 1.807) is 24.3 Å². The van der Waals surface area contributed by atoms with Crippen LogP contribution in [0.2, 0.25) is 5.02 Å². The van der Waals surface area contributed by atoms with Gasteiger partial charge in [0.25, 0.3) is 0 Å². The summed E-state index contributed by atoms with van der Waals surface area (Å²) >= 11 is 6.15. The molecule has 1 amide bonds. The van der Waals surface area contributed by atoms with Gasteiger partial charge in [0.2, 0.25) is 5.91 Å². The van der Waals surface area contributed by atoms with Crippen molar-refractivity contribution in [3.8, 4) is 0 Å². The molecule has 0 spiro atoms. The van der Waals surface area contributed by atoms with E-state index in [9.17, 15) is 9.18 Å². The summed E-state index contributed by atoms with van der Waals surface area (Å²) in [6, 6.07) is 10.1. The summed E-state index contributed by atoms with van der Waals surface area (Å²) in [7, 11) is 0. The van der Waals surface area contributed by atoms with Crippen molar-refractivity contribution in [2.45, 2.75) is 13.0 Å². The first-order valence-corrected chi connectivity index (χ1v) is 6.61. The second-order valence-electron chi connectivity index (χ2n) is 4.66. The van der Waals surface area contributed by atoms with Crippen LogP contribution in [-0.4, -0.2) is 5.91 Å². The van der Waals surface area contributed by atoms with Crippen LogP contribution in [0.1, 0.15) is 11.1 Å². The third-order valence-electron chi connectivity index (χ3n) is 3.25. The first-order valence-electron chi connectivity index (χ1n) is 6.23. The van der Waals surface area contributed by atoms with Gasteiger partial charge in [0.15, 0.2) is 0 Å². The van der Waals surface area contributed by atoms with Crippen molar-refractivity contribution >= 4 is 28.9 Å². The maximum Gasteiger partial charge on any atom is 0.228 e. The lowest BCUT2D eigenvalue weighted by molar-refractivity contribution is -0.115. The highest BCUT2D eigenvalue weighted by Crippen LogP contribution is 2.33. The fourth-order valence-corrected chi connectivity index (χ4v) is 2.45. The molecule has 0 fully saturated rings. The third-order valence-corrected chi connectivity index (χ3v) is 3.56. The number of amides is 1. The van der Waals surface area contributed by atoms with Crippen molar-refractivity contribution in [3.63, 3.8) is 0 Å². The number of carbonyl (C=O) groups is 1. The number of nitrogens with one attached hydrogen (secondary N) is 2. The fraction of sp³-hybridized carbons (Fsp3) is 0.133. The molecule has 2 aromatic carbocycles. The summed E-state index contributed by atoms with van der Waals surface area (Å²) in [6.45, 7) is 0.340. The van der Waals surface area contributed by atoms with Gasteiger partial charge in [-0.3, -0.25) is 4.79 Å². The lowest BCUT2D eigenvalue weighted by Crippen LogP contribution is -2.03. The third kappa shape index (κ3) is 2.47. The normalized spacial score (nSPS) is 13.0. The van der Waals surface area contributed by atoms with Gasteiger partial charge >= 0.3 is 0 Å². The van der Waals surface area contributed by atoms with Crippen molar-refractivity contribution in [1.82, 2.24) is 0 Å². The maximum atomic E-state index is 13.5. The molecule has 0 radical (unpaired) electrons. The molecule has 5 heteroatoms. The van der Waals surface area contributed by atoms with Gasteiger partial charge in [-0.1, -0.05) is 29.8 Å². The van der Waals surface area contributed by atoms with E-state index in [-0.39, 0.29) is 11.7 Å². The zero-order valence-electron chi connectivity index (χ0n) is 10.5. The summed E-state index contributed by atoms with van der Waals surface area (Å²) in [5.74, 6) is -0.295. The molecule has 1 aliphatic rings. The Morgan fingerprint density at radius 3 is 2.90 bits per heavy atom.